The lowest BCUT2D eigenvalue weighted by Gasteiger charge is -2.57. The van der Waals surface area contributed by atoms with Crippen molar-refractivity contribution in [2.75, 3.05) is 31.8 Å². The molecule has 1 aliphatic heterocycles. The van der Waals surface area contributed by atoms with Crippen LogP contribution in [-0.4, -0.2) is 32.8 Å². The van der Waals surface area contributed by atoms with E-state index in [0.29, 0.717) is 19.1 Å². The minimum Gasteiger partial charge on any atom is -0.382 e. The number of hydrogen-bond acceptors (Lipinski definition) is 3. The van der Waals surface area contributed by atoms with Crippen molar-refractivity contribution in [1.29, 1.82) is 0 Å². The van der Waals surface area contributed by atoms with Gasteiger partial charge >= 0.3 is 0 Å². The molecule has 146 valence electrons. The van der Waals surface area contributed by atoms with Gasteiger partial charge in [-0.1, -0.05) is 18.2 Å². The maximum atomic E-state index is 13.8. The summed E-state index contributed by atoms with van der Waals surface area (Å²) in [4.78, 5) is 16.0. The van der Waals surface area contributed by atoms with Crippen LogP contribution in [0.3, 0.4) is 0 Å². The van der Waals surface area contributed by atoms with Crippen LogP contribution in [0.2, 0.25) is 0 Å². The average molecular weight is 370 g/mol. The zero-order valence-electron chi connectivity index (χ0n) is 16.4. The molecule has 27 heavy (non-hydrogen) atoms. The molecule has 0 spiro atoms. The highest BCUT2D eigenvalue weighted by Crippen LogP contribution is 2.61. The smallest absolute Gasteiger partial charge is 0.233 e. The zero-order chi connectivity index (χ0) is 18.4. The summed E-state index contributed by atoms with van der Waals surface area (Å²) < 4.78 is 11.2. The van der Waals surface area contributed by atoms with Crippen LogP contribution in [0.25, 0.3) is 0 Å². The molecule has 4 aliphatic carbocycles. The predicted octanol–water partition coefficient (Wildman–Crippen LogP) is 4.34. The molecule has 1 heterocycles. The fourth-order valence-electron chi connectivity index (χ4n) is 6.84. The van der Waals surface area contributed by atoms with Gasteiger partial charge in [-0.05, 0) is 68.8 Å². The van der Waals surface area contributed by atoms with Gasteiger partial charge in [0.15, 0.2) is 0 Å². The topological polar surface area (TPSA) is 38.8 Å². The van der Waals surface area contributed by atoms with Crippen molar-refractivity contribution in [3.63, 3.8) is 0 Å². The van der Waals surface area contributed by atoms with Crippen molar-refractivity contribution in [2.45, 2.75) is 51.0 Å². The number of benzene rings is 1. The second-order valence-electron chi connectivity index (χ2n) is 9.35. The summed E-state index contributed by atoms with van der Waals surface area (Å²) >= 11 is 0. The Balaban J connectivity index is 1.40. The molecule has 0 aromatic heterocycles. The maximum absolute atomic E-state index is 13.8. The second kappa shape index (κ2) is 6.89. The van der Waals surface area contributed by atoms with Gasteiger partial charge in [-0.3, -0.25) is 4.79 Å². The summed E-state index contributed by atoms with van der Waals surface area (Å²) in [6, 6.07) is 8.35. The number of carbonyl (C=O) groups is 1. The molecule has 1 aromatic rings. The van der Waals surface area contributed by atoms with Crippen LogP contribution in [0.15, 0.2) is 24.3 Å². The van der Waals surface area contributed by atoms with E-state index in [9.17, 15) is 4.79 Å². The molecule has 5 aliphatic rings. The van der Waals surface area contributed by atoms with E-state index in [1.54, 1.807) is 7.11 Å². The third kappa shape index (κ3) is 3.01. The molecule has 4 bridgehead atoms. The Morgan fingerprint density at radius 1 is 1.07 bits per heavy atom. The van der Waals surface area contributed by atoms with E-state index >= 15 is 0 Å². The minimum absolute atomic E-state index is 0.0664. The van der Waals surface area contributed by atoms with Crippen LogP contribution in [-0.2, 0) is 14.3 Å². The van der Waals surface area contributed by atoms with E-state index < -0.39 is 0 Å². The van der Waals surface area contributed by atoms with Crippen LogP contribution in [0, 0.1) is 23.2 Å². The number of para-hydroxylation sites is 1. The number of rotatable bonds is 5. The number of amides is 1. The molecule has 1 atom stereocenters. The molecule has 1 amide bonds. The van der Waals surface area contributed by atoms with Crippen molar-refractivity contribution in [3.05, 3.63) is 29.8 Å². The first-order valence-electron chi connectivity index (χ1n) is 10.7. The van der Waals surface area contributed by atoms with Crippen LogP contribution < -0.4 is 4.90 Å². The molecule has 4 fully saturated rings. The Morgan fingerprint density at radius 2 is 1.74 bits per heavy atom. The fraction of sp³-hybridized carbons (Fsp3) is 0.696. The molecular weight excluding hydrogens is 338 g/mol. The number of fused-ring (bicyclic) bond motifs is 1. The Morgan fingerprint density at radius 3 is 2.41 bits per heavy atom. The van der Waals surface area contributed by atoms with Crippen molar-refractivity contribution in [2.24, 2.45) is 23.2 Å². The van der Waals surface area contributed by atoms with Gasteiger partial charge in [-0.15, -0.1) is 0 Å². The molecule has 6 rings (SSSR count). The highest BCUT2D eigenvalue weighted by atomic mass is 16.5. The molecule has 0 N–H and O–H groups in total. The Hall–Kier alpha value is -1.39. The van der Waals surface area contributed by atoms with Crippen molar-refractivity contribution >= 4 is 11.6 Å². The van der Waals surface area contributed by atoms with Gasteiger partial charge in [0.05, 0.1) is 24.7 Å². The lowest BCUT2D eigenvalue weighted by molar-refractivity contribution is -0.143. The summed E-state index contributed by atoms with van der Waals surface area (Å²) in [7, 11) is 1.70. The van der Waals surface area contributed by atoms with Gasteiger partial charge in [0.25, 0.3) is 0 Å². The van der Waals surface area contributed by atoms with Gasteiger partial charge in [0.1, 0.15) is 0 Å². The van der Waals surface area contributed by atoms with E-state index in [1.807, 2.05) is 0 Å². The van der Waals surface area contributed by atoms with Gasteiger partial charge in [0, 0.05) is 24.9 Å². The first kappa shape index (κ1) is 17.7. The van der Waals surface area contributed by atoms with Crippen LogP contribution >= 0.6 is 0 Å². The van der Waals surface area contributed by atoms with E-state index in [2.05, 4.69) is 29.2 Å². The van der Waals surface area contributed by atoms with Crippen molar-refractivity contribution < 1.29 is 14.3 Å². The predicted molar refractivity (Wildman–Crippen MR) is 105 cm³/mol. The lowest BCUT2D eigenvalue weighted by atomic mass is 9.49. The summed E-state index contributed by atoms with van der Waals surface area (Å²) in [6.45, 7) is 1.97. The lowest BCUT2D eigenvalue weighted by Crippen LogP contribution is -2.55. The van der Waals surface area contributed by atoms with Crippen molar-refractivity contribution in [3.8, 4) is 0 Å². The number of nitrogens with zero attached hydrogens (tertiary/aromatic N) is 1. The molecule has 4 nitrogen and oxygen atoms in total. The molecule has 1 unspecified atom stereocenters. The van der Waals surface area contributed by atoms with Gasteiger partial charge in [-0.25, -0.2) is 0 Å². The normalized spacial score (nSPS) is 36.7. The van der Waals surface area contributed by atoms with Gasteiger partial charge in [-0.2, -0.15) is 0 Å². The van der Waals surface area contributed by atoms with E-state index in [1.165, 1.54) is 19.3 Å². The second-order valence-corrected chi connectivity index (χ2v) is 9.35. The Labute approximate surface area is 162 Å². The quantitative estimate of drug-likeness (QED) is 0.725. The third-order valence-corrected chi connectivity index (χ3v) is 7.53. The van der Waals surface area contributed by atoms with Crippen LogP contribution in [0.5, 0.6) is 0 Å². The fourth-order valence-corrected chi connectivity index (χ4v) is 6.84. The first-order chi connectivity index (χ1) is 13.2. The molecule has 4 heteroatoms. The molecule has 0 saturated heterocycles. The Kier molecular flexibility index (Phi) is 4.52. The number of hydrogen-bond donors (Lipinski definition) is 0. The average Bonchev–Trinajstić information content (AvgIpc) is 2.67. The minimum atomic E-state index is -0.0778. The number of methoxy groups -OCH3 is 1. The molecule has 0 radical (unpaired) electrons. The molecule has 1 aromatic carbocycles. The van der Waals surface area contributed by atoms with E-state index in [0.717, 1.165) is 61.2 Å². The highest BCUT2D eigenvalue weighted by Gasteiger charge is 2.56. The number of ether oxygens (including phenoxy) is 2. The van der Waals surface area contributed by atoms with Crippen molar-refractivity contribution in [1.82, 2.24) is 0 Å². The summed E-state index contributed by atoms with van der Waals surface area (Å²) in [6.07, 6.45) is 8.45. The summed E-state index contributed by atoms with van der Waals surface area (Å²) in [5.74, 6) is 2.80. The van der Waals surface area contributed by atoms with Crippen LogP contribution in [0.4, 0.5) is 5.69 Å². The first-order valence-corrected chi connectivity index (χ1v) is 10.7. The monoisotopic (exact) mass is 369 g/mol. The molecule has 4 saturated carbocycles. The number of anilines is 1. The van der Waals surface area contributed by atoms with Gasteiger partial charge in [0.2, 0.25) is 5.91 Å². The standard InChI is InChI=1S/C23H31NO3/c1-26-8-9-27-21-6-7-24(20-5-3-2-4-19(20)21)22(25)23-13-16-10-17(14-23)12-18(11-16)15-23/h2-5,16-18,21H,6-15H2,1H3. The maximum Gasteiger partial charge on any atom is 0.233 e. The van der Waals surface area contributed by atoms with E-state index in [4.69, 9.17) is 9.47 Å². The third-order valence-electron chi connectivity index (χ3n) is 7.53. The largest absolute Gasteiger partial charge is 0.382 e. The summed E-state index contributed by atoms with van der Waals surface area (Å²) in [5, 5.41) is 0. The number of carbonyl (C=O) groups excluding carboxylic acids is 1. The summed E-state index contributed by atoms with van der Waals surface area (Å²) in [5.41, 5.74) is 2.16. The van der Waals surface area contributed by atoms with Crippen LogP contribution in [0.1, 0.15) is 56.6 Å². The van der Waals surface area contributed by atoms with Gasteiger partial charge < -0.3 is 14.4 Å². The Bertz CT molecular complexity index is 680. The van der Waals surface area contributed by atoms with E-state index in [-0.39, 0.29) is 11.5 Å². The highest BCUT2D eigenvalue weighted by molar-refractivity contribution is 5.99. The SMILES string of the molecule is COCCOC1CCN(C(=O)C23CC4CC(CC(C4)C2)C3)c2ccccc21. The zero-order valence-corrected chi connectivity index (χ0v) is 16.4. The molecular formula is C23H31NO3.